The van der Waals surface area contributed by atoms with Gasteiger partial charge < -0.3 is 13.7 Å². The summed E-state index contributed by atoms with van der Waals surface area (Å²) in [5.41, 5.74) is 9.73. The van der Waals surface area contributed by atoms with Gasteiger partial charge in [0.15, 0.2) is 5.58 Å². The first-order valence-corrected chi connectivity index (χ1v) is 15.0. The zero-order valence-corrected chi connectivity index (χ0v) is 24.2. The predicted molar refractivity (Wildman–Crippen MR) is 184 cm³/mol. The van der Waals surface area contributed by atoms with Crippen molar-refractivity contribution in [3.8, 4) is 22.6 Å². The maximum Gasteiger partial charge on any atom is 0.227 e. The Bertz CT molecular complexity index is 2460. The highest BCUT2D eigenvalue weighted by Gasteiger charge is 2.17. The molecule has 0 saturated carbocycles. The zero-order chi connectivity index (χ0) is 29.7. The van der Waals surface area contributed by atoms with Crippen LogP contribution in [0, 0.1) is 0 Å². The molecule has 0 aliphatic heterocycles. The van der Waals surface area contributed by atoms with Crippen LogP contribution in [0.3, 0.4) is 0 Å². The fourth-order valence-corrected chi connectivity index (χ4v) is 6.23. The van der Waals surface area contributed by atoms with E-state index < -0.39 is 0 Å². The number of benzene rings is 7. The van der Waals surface area contributed by atoms with Crippen molar-refractivity contribution in [2.45, 2.75) is 0 Å². The van der Waals surface area contributed by atoms with Gasteiger partial charge in [-0.2, -0.15) is 0 Å². The van der Waals surface area contributed by atoms with Crippen molar-refractivity contribution in [1.29, 1.82) is 0 Å². The van der Waals surface area contributed by atoms with E-state index in [1.54, 1.807) is 0 Å². The number of oxazole rings is 1. The molecule has 4 nitrogen and oxygen atoms in total. The SMILES string of the molecule is c1ccc(-c2ccc(N(c3ccc4ccccc4c3)c3ccc4c(c3)oc3ccc(-c5nc6ccccc6o5)cc34)cc2)cc1. The average molecular weight is 579 g/mol. The molecule has 45 heavy (non-hydrogen) atoms. The number of rotatable bonds is 5. The van der Waals surface area contributed by atoms with E-state index in [0.717, 1.165) is 55.7 Å². The van der Waals surface area contributed by atoms with E-state index in [1.807, 2.05) is 42.5 Å². The fourth-order valence-electron chi connectivity index (χ4n) is 6.23. The minimum Gasteiger partial charge on any atom is -0.456 e. The number of hydrogen-bond donors (Lipinski definition) is 0. The molecule has 7 aromatic carbocycles. The molecule has 0 fully saturated rings. The molecule has 0 aliphatic rings. The van der Waals surface area contributed by atoms with Gasteiger partial charge >= 0.3 is 0 Å². The molecule has 0 unspecified atom stereocenters. The standard InChI is InChI=1S/C41H26N2O2/c1-2-8-27(9-3-1)29-14-18-32(19-15-29)43(33-20-16-28-10-4-5-11-30(28)24-33)34-21-22-35-36-25-31(17-23-38(36)44-40(35)26-34)41-42-37-12-6-7-13-39(37)45-41/h1-26H. The van der Waals surface area contributed by atoms with Crippen LogP contribution in [0.4, 0.5) is 17.1 Å². The first kappa shape index (κ1) is 25.4. The molecule has 2 aromatic heterocycles. The van der Waals surface area contributed by atoms with Gasteiger partial charge in [0.2, 0.25) is 5.89 Å². The third kappa shape index (κ3) is 4.43. The number of para-hydroxylation sites is 2. The van der Waals surface area contributed by atoms with Crippen molar-refractivity contribution in [1.82, 2.24) is 4.98 Å². The van der Waals surface area contributed by atoms with Crippen LogP contribution >= 0.6 is 0 Å². The Kier molecular flexibility index (Phi) is 5.78. The topological polar surface area (TPSA) is 42.4 Å². The van der Waals surface area contributed by atoms with E-state index >= 15 is 0 Å². The summed E-state index contributed by atoms with van der Waals surface area (Å²) in [5, 5.41) is 4.48. The molecule has 0 aliphatic carbocycles. The second-order valence-electron chi connectivity index (χ2n) is 11.3. The van der Waals surface area contributed by atoms with Gasteiger partial charge in [-0.1, -0.05) is 84.9 Å². The van der Waals surface area contributed by atoms with E-state index in [4.69, 9.17) is 13.8 Å². The molecule has 0 N–H and O–H groups in total. The van der Waals surface area contributed by atoms with Gasteiger partial charge in [-0.05, 0) is 88.6 Å². The summed E-state index contributed by atoms with van der Waals surface area (Å²) in [6.45, 7) is 0. The highest BCUT2D eigenvalue weighted by Crippen LogP contribution is 2.40. The van der Waals surface area contributed by atoms with Gasteiger partial charge in [-0.15, -0.1) is 0 Å². The maximum absolute atomic E-state index is 6.43. The van der Waals surface area contributed by atoms with E-state index in [-0.39, 0.29) is 0 Å². The maximum atomic E-state index is 6.43. The molecule has 0 amide bonds. The van der Waals surface area contributed by atoms with Crippen molar-refractivity contribution in [2.24, 2.45) is 0 Å². The monoisotopic (exact) mass is 578 g/mol. The molecule has 0 spiro atoms. The van der Waals surface area contributed by atoms with Gasteiger partial charge in [0.05, 0.1) is 0 Å². The molecule has 0 atom stereocenters. The van der Waals surface area contributed by atoms with E-state index in [0.29, 0.717) is 5.89 Å². The fraction of sp³-hybridized carbons (Fsp3) is 0. The first-order chi connectivity index (χ1) is 22.3. The number of fused-ring (bicyclic) bond motifs is 5. The summed E-state index contributed by atoms with van der Waals surface area (Å²) >= 11 is 0. The Morgan fingerprint density at radius 3 is 1.96 bits per heavy atom. The molecule has 212 valence electrons. The normalized spacial score (nSPS) is 11.6. The van der Waals surface area contributed by atoms with Crippen LogP contribution < -0.4 is 4.90 Å². The third-order valence-electron chi connectivity index (χ3n) is 8.48. The van der Waals surface area contributed by atoms with Crippen molar-refractivity contribution in [2.75, 3.05) is 4.90 Å². The molecule has 0 saturated heterocycles. The van der Waals surface area contributed by atoms with Crippen molar-refractivity contribution in [3.05, 3.63) is 158 Å². The zero-order valence-electron chi connectivity index (χ0n) is 24.2. The molecule has 0 bridgehead atoms. The van der Waals surface area contributed by atoms with Crippen LogP contribution in [0.2, 0.25) is 0 Å². The van der Waals surface area contributed by atoms with Crippen LogP contribution in [0.25, 0.3) is 66.4 Å². The average Bonchev–Trinajstić information content (AvgIpc) is 3.70. The van der Waals surface area contributed by atoms with Crippen molar-refractivity contribution < 1.29 is 8.83 Å². The van der Waals surface area contributed by atoms with Crippen LogP contribution in [0.1, 0.15) is 0 Å². The lowest BCUT2D eigenvalue weighted by molar-refractivity contribution is 0.620. The van der Waals surface area contributed by atoms with Gasteiger partial charge in [-0.3, -0.25) is 0 Å². The predicted octanol–water partition coefficient (Wildman–Crippen LogP) is 11.7. The lowest BCUT2D eigenvalue weighted by atomic mass is 10.0. The van der Waals surface area contributed by atoms with Gasteiger partial charge in [-0.25, -0.2) is 4.98 Å². The third-order valence-corrected chi connectivity index (χ3v) is 8.48. The van der Waals surface area contributed by atoms with E-state index in [1.165, 1.54) is 21.9 Å². The quantitative estimate of drug-likeness (QED) is 0.204. The van der Waals surface area contributed by atoms with Gasteiger partial charge in [0.1, 0.15) is 16.7 Å². The number of hydrogen-bond acceptors (Lipinski definition) is 4. The van der Waals surface area contributed by atoms with Crippen molar-refractivity contribution in [3.63, 3.8) is 0 Å². The summed E-state index contributed by atoms with van der Waals surface area (Å²) in [6, 6.07) is 54.7. The summed E-state index contributed by atoms with van der Waals surface area (Å²) in [5.74, 6) is 0.602. The van der Waals surface area contributed by atoms with Crippen LogP contribution in [0.5, 0.6) is 0 Å². The molecule has 0 radical (unpaired) electrons. The first-order valence-electron chi connectivity index (χ1n) is 15.0. The highest BCUT2D eigenvalue weighted by atomic mass is 16.3. The molecular weight excluding hydrogens is 552 g/mol. The Morgan fingerprint density at radius 1 is 0.400 bits per heavy atom. The minimum absolute atomic E-state index is 0.602. The Morgan fingerprint density at radius 2 is 1.09 bits per heavy atom. The summed E-state index contributed by atoms with van der Waals surface area (Å²) < 4.78 is 12.5. The summed E-state index contributed by atoms with van der Waals surface area (Å²) in [4.78, 5) is 6.99. The van der Waals surface area contributed by atoms with Gasteiger partial charge in [0.25, 0.3) is 0 Å². The molecule has 9 aromatic rings. The van der Waals surface area contributed by atoms with E-state index in [9.17, 15) is 0 Å². The lowest BCUT2D eigenvalue weighted by Crippen LogP contribution is -2.09. The number of furan rings is 1. The smallest absolute Gasteiger partial charge is 0.227 e. The lowest BCUT2D eigenvalue weighted by Gasteiger charge is -2.26. The van der Waals surface area contributed by atoms with Gasteiger partial charge in [0, 0.05) is 39.5 Å². The van der Waals surface area contributed by atoms with Crippen molar-refractivity contribution >= 4 is 60.9 Å². The summed E-state index contributed by atoms with van der Waals surface area (Å²) in [7, 11) is 0. The number of nitrogens with zero attached hydrogens (tertiary/aromatic N) is 2. The van der Waals surface area contributed by atoms with Crippen LogP contribution in [0.15, 0.2) is 167 Å². The number of aromatic nitrogens is 1. The Balaban J connectivity index is 1.16. The minimum atomic E-state index is 0.602. The molecule has 4 heteroatoms. The number of anilines is 3. The second kappa shape index (κ2) is 10.2. The summed E-state index contributed by atoms with van der Waals surface area (Å²) in [6.07, 6.45) is 0. The molecule has 9 rings (SSSR count). The Hall–Kier alpha value is -6.13. The molecule has 2 heterocycles. The molecular formula is C41H26N2O2. The Labute approximate surface area is 259 Å². The second-order valence-corrected chi connectivity index (χ2v) is 11.3. The van der Waals surface area contributed by atoms with Crippen LogP contribution in [-0.4, -0.2) is 4.98 Å². The largest absolute Gasteiger partial charge is 0.456 e. The van der Waals surface area contributed by atoms with Crippen LogP contribution in [-0.2, 0) is 0 Å². The highest BCUT2D eigenvalue weighted by molar-refractivity contribution is 6.07. The van der Waals surface area contributed by atoms with E-state index in [2.05, 4.69) is 120 Å².